The molecule has 0 saturated heterocycles. The molecule has 12 aromatic rings. The van der Waals surface area contributed by atoms with Crippen molar-refractivity contribution >= 4 is 131 Å². The lowest BCUT2D eigenvalue weighted by Crippen LogP contribution is -2.16. The van der Waals surface area contributed by atoms with Gasteiger partial charge in [0.2, 0.25) is 0 Å². The third-order valence-electron chi connectivity index (χ3n) is 15.8. The summed E-state index contributed by atoms with van der Waals surface area (Å²) in [4.78, 5) is 6.73. The van der Waals surface area contributed by atoms with Crippen LogP contribution in [0.3, 0.4) is 0 Å². The van der Waals surface area contributed by atoms with Crippen LogP contribution in [0.2, 0.25) is 0 Å². The quantitative estimate of drug-likeness (QED) is 0.140. The molecule has 2 heterocycles. The molecule has 358 valence electrons. The molecule has 2 aliphatic carbocycles. The van der Waals surface area contributed by atoms with Crippen molar-refractivity contribution in [3.63, 3.8) is 0 Å². The van der Waals surface area contributed by atoms with Crippen molar-refractivity contribution in [3.8, 4) is 11.1 Å². The van der Waals surface area contributed by atoms with Crippen LogP contribution in [0.1, 0.15) is 62.6 Å². The van der Waals surface area contributed by atoms with Gasteiger partial charge in [0.1, 0.15) is 0 Å². The number of anilines is 6. The molecule has 2 unspecified atom stereocenters. The number of nitrogens with zero attached hydrogens (tertiary/aromatic N) is 2. The lowest BCUT2D eigenvalue weighted by Gasteiger charge is -2.34. The average Bonchev–Trinajstić information content (AvgIpc) is 4.00. The molecule has 0 N–H and O–H groups in total. The molecule has 0 aliphatic heterocycles. The van der Waals surface area contributed by atoms with Crippen molar-refractivity contribution in [3.05, 3.63) is 228 Å². The van der Waals surface area contributed by atoms with Gasteiger partial charge in [0, 0.05) is 53.0 Å². The fourth-order valence-electron chi connectivity index (χ4n) is 12.0. The Hall–Kier alpha value is -7.76. The minimum atomic E-state index is -0.0201. The van der Waals surface area contributed by atoms with E-state index in [1.54, 1.807) is 0 Å². The summed E-state index contributed by atoms with van der Waals surface area (Å²) in [6, 6.07) is 69.1. The van der Waals surface area contributed by atoms with Crippen LogP contribution in [0.15, 0.2) is 206 Å². The Balaban J connectivity index is 1.16. The second kappa shape index (κ2) is 17.4. The van der Waals surface area contributed by atoms with E-state index in [2.05, 4.69) is 257 Å². The summed E-state index contributed by atoms with van der Waals surface area (Å²) < 4.78 is 3.87. The molecule has 0 spiro atoms. The molecule has 2 aliphatic rings. The first-order valence-electron chi connectivity index (χ1n) is 26.3. The Morgan fingerprint density at radius 3 is 1.73 bits per heavy atom. The van der Waals surface area contributed by atoms with E-state index in [-0.39, 0.29) is 5.41 Å². The van der Waals surface area contributed by atoms with E-state index < -0.39 is 0 Å². The standard InChI is InChI=1S/C70H56N2S2/c1-43-29-32-46(33-30-43)51-20-10-13-25-59(51)72(61-27-16-23-55-53-36-31-44(2)39-65(53)74-69(55)61)63-42-62(56-37-34-47-40-49(70(3,4)5)41-48-35-38-57(63)67(56)66(47)48)71(58-24-12-9-19-50(58)45-17-7-6-8-18-45)60-26-15-22-54-52-21-11-14-28-64(52)73-68(54)60/h6-29,31-38,40-44H,30,39H2,1-5H3. The number of thiophene rings is 2. The number of hydrogen-bond acceptors (Lipinski definition) is 4. The zero-order chi connectivity index (χ0) is 49.8. The highest BCUT2D eigenvalue weighted by Crippen LogP contribution is 2.56. The Kier molecular flexibility index (Phi) is 10.6. The number of para-hydroxylation sites is 2. The van der Waals surface area contributed by atoms with Crippen LogP contribution in [0, 0.1) is 11.8 Å². The van der Waals surface area contributed by atoms with Gasteiger partial charge in [0.25, 0.3) is 0 Å². The van der Waals surface area contributed by atoms with Crippen molar-refractivity contribution in [1.29, 1.82) is 0 Å². The van der Waals surface area contributed by atoms with Gasteiger partial charge < -0.3 is 9.80 Å². The monoisotopic (exact) mass is 988 g/mol. The van der Waals surface area contributed by atoms with Gasteiger partial charge in [0.15, 0.2) is 0 Å². The highest BCUT2D eigenvalue weighted by atomic mass is 32.1. The molecule has 0 fully saturated rings. The van der Waals surface area contributed by atoms with Gasteiger partial charge in [-0.25, -0.2) is 0 Å². The van der Waals surface area contributed by atoms with Crippen molar-refractivity contribution in [2.24, 2.45) is 11.8 Å². The normalized spacial score (nSPS) is 15.8. The van der Waals surface area contributed by atoms with E-state index in [1.807, 2.05) is 22.7 Å². The van der Waals surface area contributed by atoms with Gasteiger partial charge in [-0.05, 0) is 105 Å². The SMILES string of the molecule is CC1C=CC(c2ccccc2N(c2cc(N(c3ccccc3-c3ccccc3)c3cccc4c3sc3ccccc34)c3ccc4cc(C(C)(C)C)cc5ccc2c3c54)c2cccc3c4c(sc23)CC(C)C=C4)=CC1. The van der Waals surface area contributed by atoms with Crippen molar-refractivity contribution < 1.29 is 0 Å². The molecular weight excluding hydrogens is 933 g/mol. The van der Waals surface area contributed by atoms with Crippen LogP contribution < -0.4 is 9.80 Å². The Labute approximate surface area is 441 Å². The fraction of sp³-hybridized carbons (Fsp3) is 0.143. The first-order valence-corrected chi connectivity index (χ1v) is 27.9. The van der Waals surface area contributed by atoms with E-state index in [1.165, 1.54) is 112 Å². The number of hydrogen-bond donors (Lipinski definition) is 0. The summed E-state index contributed by atoms with van der Waals surface area (Å²) >= 11 is 3.88. The van der Waals surface area contributed by atoms with Crippen LogP contribution in [0.4, 0.5) is 34.1 Å². The number of fused-ring (bicyclic) bond motifs is 6. The molecule has 2 aromatic heterocycles. The summed E-state index contributed by atoms with van der Waals surface area (Å²) in [6.07, 6.45) is 14.0. The first-order chi connectivity index (χ1) is 36.2. The second-order valence-electron chi connectivity index (χ2n) is 21.8. The molecule has 0 amide bonds. The summed E-state index contributed by atoms with van der Waals surface area (Å²) in [6.45, 7) is 11.7. The minimum absolute atomic E-state index is 0.0201. The largest absolute Gasteiger partial charge is 0.308 e. The molecular formula is C70H56N2S2. The molecule has 10 aromatic carbocycles. The van der Waals surface area contributed by atoms with Gasteiger partial charge in [-0.15, -0.1) is 22.7 Å². The zero-order valence-electron chi connectivity index (χ0n) is 42.5. The minimum Gasteiger partial charge on any atom is -0.308 e. The second-order valence-corrected chi connectivity index (χ2v) is 23.9. The van der Waals surface area contributed by atoms with Gasteiger partial charge in [-0.1, -0.05) is 211 Å². The number of allylic oxidation sites excluding steroid dienone is 5. The van der Waals surface area contributed by atoms with E-state index in [9.17, 15) is 0 Å². The maximum absolute atomic E-state index is 2.65. The average molecular weight is 989 g/mol. The van der Waals surface area contributed by atoms with Crippen LogP contribution in [0.5, 0.6) is 0 Å². The van der Waals surface area contributed by atoms with Gasteiger partial charge in [0.05, 0.1) is 43.5 Å². The zero-order valence-corrected chi connectivity index (χ0v) is 44.1. The van der Waals surface area contributed by atoms with Gasteiger partial charge >= 0.3 is 0 Å². The fourth-order valence-corrected chi connectivity index (χ4v) is 14.7. The number of rotatable bonds is 8. The van der Waals surface area contributed by atoms with E-state index in [0.29, 0.717) is 11.8 Å². The van der Waals surface area contributed by atoms with Crippen LogP contribution in [-0.4, -0.2) is 0 Å². The van der Waals surface area contributed by atoms with E-state index in [4.69, 9.17) is 0 Å². The molecule has 14 rings (SSSR count). The van der Waals surface area contributed by atoms with Crippen LogP contribution >= 0.6 is 22.7 Å². The highest BCUT2D eigenvalue weighted by molar-refractivity contribution is 7.26. The van der Waals surface area contributed by atoms with E-state index in [0.717, 1.165) is 35.6 Å². The van der Waals surface area contributed by atoms with Gasteiger partial charge in [-0.3, -0.25) is 0 Å². The molecule has 2 nitrogen and oxygen atoms in total. The maximum atomic E-state index is 2.65. The van der Waals surface area contributed by atoms with Crippen molar-refractivity contribution in [2.75, 3.05) is 9.80 Å². The molecule has 0 bridgehead atoms. The lowest BCUT2D eigenvalue weighted by molar-refractivity contribution is 0.591. The first kappa shape index (κ1) is 44.9. The number of benzene rings is 10. The molecule has 0 saturated carbocycles. The predicted molar refractivity (Wildman–Crippen MR) is 325 cm³/mol. The maximum Gasteiger partial charge on any atom is 0.0640 e. The molecule has 0 radical (unpaired) electrons. The lowest BCUT2D eigenvalue weighted by atomic mass is 9.83. The summed E-state index contributed by atoms with van der Waals surface area (Å²) in [5.74, 6) is 0.995. The van der Waals surface area contributed by atoms with Crippen molar-refractivity contribution in [2.45, 2.75) is 52.9 Å². The van der Waals surface area contributed by atoms with Crippen molar-refractivity contribution in [1.82, 2.24) is 0 Å². The summed E-state index contributed by atoms with van der Waals surface area (Å²) in [5.41, 5.74) is 14.5. The smallest absolute Gasteiger partial charge is 0.0640 e. The Morgan fingerprint density at radius 1 is 0.459 bits per heavy atom. The highest BCUT2D eigenvalue weighted by Gasteiger charge is 2.31. The molecule has 74 heavy (non-hydrogen) atoms. The third kappa shape index (κ3) is 7.25. The van der Waals surface area contributed by atoms with Crippen LogP contribution in [0.25, 0.3) is 85.4 Å². The molecule has 2 atom stereocenters. The predicted octanol–water partition coefficient (Wildman–Crippen LogP) is 21.3. The van der Waals surface area contributed by atoms with E-state index >= 15 is 0 Å². The van der Waals surface area contributed by atoms with Gasteiger partial charge in [-0.2, -0.15) is 0 Å². The summed E-state index contributed by atoms with van der Waals surface area (Å²) in [7, 11) is 0. The Morgan fingerprint density at radius 2 is 1.04 bits per heavy atom. The van der Waals surface area contributed by atoms with Crippen LogP contribution in [-0.2, 0) is 11.8 Å². The third-order valence-corrected chi connectivity index (χ3v) is 18.3. The topological polar surface area (TPSA) is 6.48 Å². The molecule has 4 heteroatoms. The Bertz CT molecular complexity index is 4270. The summed E-state index contributed by atoms with van der Waals surface area (Å²) in [5, 5.41) is 11.4.